The van der Waals surface area contributed by atoms with E-state index in [0.717, 1.165) is 0 Å². The standard InChI is InChI=1S/C16H17N3O4/c1-18-12(8-10-4-2-3-5-11(10)15(18)21)16(22)19-6-7-23-13(9-19)14(17)20/h2-5,8,13H,6-7,9H2,1H3,(H2,17,20). The van der Waals surface area contributed by atoms with Crippen molar-refractivity contribution in [2.24, 2.45) is 12.8 Å². The molecule has 1 fully saturated rings. The van der Waals surface area contributed by atoms with Gasteiger partial charge in [0.05, 0.1) is 13.2 Å². The molecule has 2 N–H and O–H groups in total. The number of aromatic nitrogens is 1. The summed E-state index contributed by atoms with van der Waals surface area (Å²) in [5.41, 5.74) is 5.29. The van der Waals surface area contributed by atoms with E-state index in [1.54, 1.807) is 31.3 Å². The molecule has 3 rings (SSSR count). The van der Waals surface area contributed by atoms with E-state index in [-0.39, 0.29) is 30.3 Å². The highest BCUT2D eigenvalue weighted by Gasteiger charge is 2.29. The number of hydrogen-bond donors (Lipinski definition) is 1. The first-order chi connectivity index (χ1) is 11.0. The largest absolute Gasteiger partial charge is 0.367 e. The van der Waals surface area contributed by atoms with E-state index in [4.69, 9.17) is 10.5 Å². The lowest BCUT2D eigenvalue weighted by Gasteiger charge is -2.31. The predicted octanol–water partition coefficient (Wildman–Crippen LogP) is -0.135. The van der Waals surface area contributed by atoms with Gasteiger partial charge in [-0.05, 0) is 17.5 Å². The summed E-state index contributed by atoms with van der Waals surface area (Å²) in [4.78, 5) is 37.9. The second-order valence-corrected chi connectivity index (χ2v) is 5.49. The normalized spacial score (nSPS) is 18.1. The smallest absolute Gasteiger partial charge is 0.270 e. The molecule has 1 aliphatic rings. The lowest BCUT2D eigenvalue weighted by Crippen LogP contribution is -2.51. The van der Waals surface area contributed by atoms with Crippen molar-refractivity contribution in [3.63, 3.8) is 0 Å². The quantitative estimate of drug-likeness (QED) is 0.835. The molecule has 1 aromatic heterocycles. The fourth-order valence-electron chi connectivity index (χ4n) is 2.72. The maximum atomic E-state index is 12.7. The zero-order valence-electron chi connectivity index (χ0n) is 12.7. The Balaban J connectivity index is 1.99. The van der Waals surface area contributed by atoms with Crippen molar-refractivity contribution in [1.29, 1.82) is 0 Å². The molecule has 1 aromatic carbocycles. The maximum absolute atomic E-state index is 12.7. The van der Waals surface area contributed by atoms with Crippen LogP contribution in [0.4, 0.5) is 0 Å². The van der Waals surface area contributed by atoms with Crippen LogP contribution in [0, 0.1) is 0 Å². The summed E-state index contributed by atoms with van der Waals surface area (Å²) in [6.07, 6.45) is -0.815. The molecular formula is C16H17N3O4. The maximum Gasteiger partial charge on any atom is 0.270 e. The lowest BCUT2D eigenvalue weighted by molar-refractivity contribution is -0.133. The first-order valence-corrected chi connectivity index (χ1v) is 7.28. The fourth-order valence-corrected chi connectivity index (χ4v) is 2.72. The summed E-state index contributed by atoms with van der Waals surface area (Å²) in [6, 6.07) is 8.80. The number of carbonyl (C=O) groups excluding carboxylic acids is 2. The van der Waals surface area contributed by atoms with Crippen LogP contribution in [0.25, 0.3) is 10.8 Å². The van der Waals surface area contributed by atoms with Gasteiger partial charge >= 0.3 is 0 Å². The first kappa shape index (κ1) is 15.2. The predicted molar refractivity (Wildman–Crippen MR) is 84.0 cm³/mol. The highest BCUT2D eigenvalue weighted by atomic mass is 16.5. The van der Waals surface area contributed by atoms with Crippen molar-refractivity contribution in [3.8, 4) is 0 Å². The molecule has 120 valence electrons. The average molecular weight is 315 g/mol. The van der Waals surface area contributed by atoms with E-state index in [2.05, 4.69) is 0 Å². The number of benzene rings is 1. The second-order valence-electron chi connectivity index (χ2n) is 5.49. The highest BCUT2D eigenvalue weighted by molar-refractivity contribution is 5.97. The van der Waals surface area contributed by atoms with Gasteiger partial charge in [-0.25, -0.2) is 0 Å². The number of primary amides is 1. The van der Waals surface area contributed by atoms with Crippen molar-refractivity contribution in [3.05, 3.63) is 46.4 Å². The molecular weight excluding hydrogens is 298 g/mol. The van der Waals surface area contributed by atoms with E-state index in [1.165, 1.54) is 9.47 Å². The van der Waals surface area contributed by atoms with Crippen molar-refractivity contribution in [2.45, 2.75) is 6.10 Å². The number of nitrogens with two attached hydrogens (primary N) is 1. The summed E-state index contributed by atoms with van der Waals surface area (Å²) in [5.74, 6) is -0.917. The van der Waals surface area contributed by atoms with Crippen LogP contribution in [0.2, 0.25) is 0 Å². The first-order valence-electron chi connectivity index (χ1n) is 7.28. The van der Waals surface area contributed by atoms with Gasteiger partial charge in [0.1, 0.15) is 5.69 Å². The summed E-state index contributed by atoms with van der Waals surface area (Å²) >= 11 is 0. The molecule has 1 unspecified atom stereocenters. The van der Waals surface area contributed by atoms with Crippen LogP contribution < -0.4 is 11.3 Å². The topological polar surface area (TPSA) is 94.6 Å². The van der Waals surface area contributed by atoms with Crippen molar-refractivity contribution in [2.75, 3.05) is 19.7 Å². The number of fused-ring (bicyclic) bond motifs is 1. The minimum absolute atomic E-state index is 0.0924. The number of ether oxygens (including phenoxy) is 1. The number of morpholine rings is 1. The molecule has 7 nitrogen and oxygen atoms in total. The second kappa shape index (κ2) is 5.85. The van der Waals surface area contributed by atoms with Gasteiger partial charge in [-0.1, -0.05) is 18.2 Å². The van der Waals surface area contributed by atoms with E-state index in [9.17, 15) is 14.4 Å². The fraction of sp³-hybridized carbons (Fsp3) is 0.312. The van der Waals surface area contributed by atoms with Crippen molar-refractivity contribution >= 4 is 22.6 Å². The summed E-state index contributed by atoms with van der Waals surface area (Å²) < 4.78 is 6.58. The van der Waals surface area contributed by atoms with Gasteiger partial charge in [-0.3, -0.25) is 14.4 Å². The van der Waals surface area contributed by atoms with E-state index >= 15 is 0 Å². The summed E-state index contributed by atoms with van der Waals surface area (Å²) in [6.45, 7) is 0.680. The third-order valence-electron chi connectivity index (χ3n) is 4.04. The van der Waals surface area contributed by atoms with Crippen molar-refractivity contribution in [1.82, 2.24) is 9.47 Å². The molecule has 2 amide bonds. The molecule has 0 saturated carbocycles. The Hall–Kier alpha value is -2.67. The molecule has 23 heavy (non-hydrogen) atoms. The van der Waals surface area contributed by atoms with Crippen LogP contribution in [0.5, 0.6) is 0 Å². The SMILES string of the molecule is Cn1c(C(=O)N2CCOC(C(N)=O)C2)cc2ccccc2c1=O. The van der Waals surface area contributed by atoms with Crippen LogP contribution in [0.15, 0.2) is 35.1 Å². The highest BCUT2D eigenvalue weighted by Crippen LogP contribution is 2.15. The van der Waals surface area contributed by atoms with E-state index in [0.29, 0.717) is 17.3 Å². The van der Waals surface area contributed by atoms with Crippen LogP contribution in [-0.2, 0) is 16.6 Å². The van der Waals surface area contributed by atoms with Gasteiger partial charge in [-0.2, -0.15) is 0 Å². The van der Waals surface area contributed by atoms with E-state index in [1.807, 2.05) is 6.07 Å². The molecule has 1 aliphatic heterocycles. The number of rotatable bonds is 2. The molecule has 0 spiro atoms. The van der Waals surface area contributed by atoms with E-state index < -0.39 is 12.0 Å². The van der Waals surface area contributed by atoms with Crippen LogP contribution in [0.1, 0.15) is 10.5 Å². The van der Waals surface area contributed by atoms with Crippen LogP contribution in [-0.4, -0.2) is 47.1 Å². The molecule has 0 bridgehead atoms. The Morgan fingerprint density at radius 1 is 1.30 bits per heavy atom. The minimum atomic E-state index is -0.815. The molecule has 7 heteroatoms. The lowest BCUT2D eigenvalue weighted by atomic mass is 10.1. The third kappa shape index (κ3) is 2.70. The van der Waals surface area contributed by atoms with Gasteiger partial charge < -0.3 is 19.9 Å². The number of hydrogen-bond acceptors (Lipinski definition) is 4. The Morgan fingerprint density at radius 2 is 2.04 bits per heavy atom. The average Bonchev–Trinajstić information content (AvgIpc) is 2.57. The molecule has 1 saturated heterocycles. The third-order valence-corrected chi connectivity index (χ3v) is 4.04. The molecule has 1 atom stereocenters. The Labute approximate surface area is 132 Å². The van der Waals surface area contributed by atoms with Gasteiger partial charge in [-0.15, -0.1) is 0 Å². The van der Waals surface area contributed by atoms with Crippen LogP contribution >= 0.6 is 0 Å². The summed E-state index contributed by atoms with van der Waals surface area (Å²) in [7, 11) is 1.56. The minimum Gasteiger partial charge on any atom is -0.367 e. The molecule has 0 aliphatic carbocycles. The zero-order chi connectivity index (χ0) is 16.6. The Bertz CT molecular complexity index is 843. The van der Waals surface area contributed by atoms with Gasteiger partial charge in [0.2, 0.25) is 5.91 Å². The number of pyridine rings is 1. The monoisotopic (exact) mass is 315 g/mol. The van der Waals surface area contributed by atoms with Crippen molar-refractivity contribution < 1.29 is 14.3 Å². The van der Waals surface area contributed by atoms with Gasteiger partial charge in [0.25, 0.3) is 11.5 Å². The number of carbonyl (C=O) groups is 2. The molecule has 2 aromatic rings. The number of amides is 2. The molecule has 0 radical (unpaired) electrons. The molecule has 2 heterocycles. The van der Waals surface area contributed by atoms with Crippen LogP contribution in [0.3, 0.4) is 0 Å². The Morgan fingerprint density at radius 3 is 2.78 bits per heavy atom. The number of nitrogens with zero attached hydrogens (tertiary/aromatic N) is 2. The zero-order valence-corrected chi connectivity index (χ0v) is 12.7. The Kier molecular flexibility index (Phi) is 3.87. The van der Waals surface area contributed by atoms with Gasteiger partial charge in [0.15, 0.2) is 6.10 Å². The summed E-state index contributed by atoms with van der Waals surface area (Å²) in [5, 5.41) is 1.27. The van der Waals surface area contributed by atoms with Gasteiger partial charge in [0, 0.05) is 19.0 Å².